The molecule has 2 atom stereocenters. The summed E-state index contributed by atoms with van der Waals surface area (Å²) in [7, 11) is 1.62. The number of methoxy groups -OCH3 is 1. The molecule has 0 radical (unpaired) electrons. The number of ether oxygens (including phenoxy) is 2. The average molecular weight is 262 g/mol. The highest BCUT2D eigenvalue weighted by Crippen LogP contribution is 2.36. The number of rotatable bonds is 2. The quantitative estimate of drug-likeness (QED) is 0.769. The van der Waals surface area contributed by atoms with E-state index in [-0.39, 0.29) is 11.7 Å². The first-order valence-electron chi connectivity index (χ1n) is 6.34. The van der Waals surface area contributed by atoms with Gasteiger partial charge in [0.05, 0.1) is 7.11 Å². The van der Waals surface area contributed by atoms with E-state index in [1.165, 1.54) is 6.92 Å². The van der Waals surface area contributed by atoms with Gasteiger partial charge in [-0.25, -0.2) is 0 Å². The van der Waals surface area contributed by atoms with E-state index in [9.17, 15) is 9.59 Å². The average Bonchev–Trinajstić information content (AvgIpc) is 2.34. The van der Waals surface area contributed by atoms with E-state index in [2.05, 4.69) is 0 Å². The maximum atomic E-state index is 12.3. The highest BCUT2D eigenvalue weighted by atomic mass is 16.5. The molecule has 0 saturated heterocycles. The number of esters is 1. The predicted octanol–water partition coefficient (Wildman–Crippen LogP) is 2.63. The van der Waals surface area contributed by atoms with Crippen LogP contribution in [0, 0.1) is 6.92 Å². The Kier molecular flexibility index (Phi) is 3.60. The molecule has 0 bridgehead atoms. The van der Waals surface area contributed by atoms with Crippen molar-refractivity contribution in [3.05, 3.63) is 28.8 Å². The molecule has 1 aliphatic rings. The van der Waals surface area contributed by atoms with E-state index in [0.717, 1.165) is 16.9 Å². The van der Waals surface area contributed by atoms with E-state index in [0.29, 0.717) is 12.0 Å². The Bertz CT molecular complexity index is 533. The fourth-order valence-corrected chi connectivity index (χ4v) is 2.58. The maximum Gasteiger partial charge on any atom is 0.303 e. The summed E-state index contributed by atoms with van der Waals surface area (Å²) in [5.74, 6) is 0.407. The van der Waals surface area contributed by atoms with Crippen LogP contribution in [0.3, 0.4) is 0 Å². The van der Waals surface area contributed by atoms with E-state index in [1.807, 2.05) is 26.0 Å². The van der Waals surface area contributed by atoms with Crippen molar-refractivity contribution in [3.63, 3.8) is 0 Å². The van der Waals surface area contributed by atoms with Crippen molar-refractivity contribution in [1.82, 2.24) is 0 Å². The van der Waals surface area contributed by atoms with Crippen LogP contribution in [0.4, 0.5) is 0 Å². The summed E-state index contributed by atoms with van der Waals surface area (Å²) in [6.45, 7) is 5.25. The molecule has 1 aromatic carbocycles. The first-order valence-corrected chi connectivity index (χ1v) is 6.34. The van der Waals surface area contributed by atoms with Crippen molar-refractivity contribution in [1.29, 1.82) is 0 Å². The number of carbonyl (C=O) groups is 2. The maximum absolute atomic E-state index is 12.3. The van der Waals surface area contributed by atoms with Crippen LogP contribution in [0.1, 0.15) is 47.7 Å². The summed E-state index contributed by atoms with van der Waals surface area (Å²) in [5, 5.41) is 0. The molecular weight excluding hydrogens is 244 g/mol. The Labute approximate surface area is 112 Å². The van der Waals surface area contributed by atoms with Crippen molar-refractivity contribution in [2.24, 2.45) is 0 Å². The fraction of sp³-hybridized carbons (Fsp3) is 0.467. The Morgan fingerprint density at radius 1 is 1.37 bits per heavy atom. The molecule has 0 saturated carbocycles. The third-order valence-corrected chi connectivity index (χ3v) is 3.53. The van der Waals surface area contributed by atoms with Gasteiger partial charge in [0.25, 0.3) is 0 Å². The van der Waals surface area contributed by atoms with Gasteiger partial charge in [-0.15, -0.1) is 0 Å². The zero-order valence-electron chi connectivity index (χ0n) is 11.6. The molecule has 0 fully saturated rings. The number of hydrogen-bond acceptors (Lipinski definition) is 4. The topological polar surface area (TPSA) is 52.6 Å². The molecule has 0 heterocycles. The number of Topliss-reactive ketones (excluding diaryl/α,β-unsaturated/α-hetero) is 1. The Hall–Kier alpha value is -1.84. The Morgan fingerprint density at radius 3 is 2.63 bits per heavy atom. The van der Waals surface area contributed by atoms with Crippen LogP contribution >= 0.6 is 0 Å². The zero-order chi connectivity index (χ0) is 14.2. The monoisotopic (exact) mass is 262 g/mol. The molecule has 0 spiro atoms. The van der Waals surface area contributed by atoms with Crippen LogP contribution in [0.5, 0.6) is 5.75 Å². The van der Waals surface area contributed by atoms with Crippen molar-refractivity contribution in [2.75, 3.05) is 7.11 Å². The van der Waals surface area contributed by atoms with Crippen molar-refractivity contribution in [3.8, 4) is 5.75 Å². The lowest BCUT2D eigenvalue weighted by molar-refractivity contribution is -0.144. The number of ketones is 1. The highest BCUT2D eigenvalue weighted by Gasteiger charge is 2.34. The molecular formula is C15H18O4. The molecule has 1 aromatic rings. The van der Waals surface area contributed by atoms with Crippen molar-refractivity contribution >= 4 is 11.8 Å². The summed E-state index contributed by atoms with van der Waals surface area (Å²) in [4.78, 5) is 23.4. The lowest BCUT2D eigenvalue weighted by atomic mass is 9.80. The van der Waals surface area contributed by atoms with Gasteiger partial charge in [-0.2, -0.15) is 0 Å². The highest BCUT2D eigenvalue weighted by molar-refractivity contribution is 6.03. The molecule has 2 rings (SSSR count). The van der Waals surface area contributed by atoms with Gasteiger partial charge in [0.1, 0.15) is 5.75 Å². The molecule has 0 aromatic heterocycles. The minimum Gasteiger partial charge on any atom is -0.496 e. The van der Waals surface area contributed by atoms with E-state index >= 15 is 0 Å². The predicted molar refractivity (Wildman–Crippen MR) is 70.6 cm³/mol. The van der Waals surface area contributed by atoms with Gasteiger partial charge >= 0.3 is 5.97 Å². The molecule has 1 aliphatic carbocycles. The first kappa shape index (κ1) is 13.6. The molecule has 4 nitrogen and oxygen atoms in total. The molecule has 4 heteroatoms. The number of aryl methyl sites for hydroxylation is 1. The van der Waals surface area contributed by atoms with Crippen LogP contribution in [0.2, 0.25) is 0 Å². The molecule has 0 N–H and O–H groups in total. The van der Waals surface area contributed by atoms with E-state index in [1.54, 1.807) is 7.11 Å². The lowest BCUT2D eigenvalue weighted by Gasteiger charge is -2.28. The largest absolute Gasteiger partial charge is 0.496 e. The number of benzene rings is 1. The normalized spacial score (nSPS) is 21.8. The van der Waals surface area contributed by atoms with Gasteiger partial charge in [0.15, 0.2) is 6.10 Å². The third kappa shape index (κ3) is 2.48. The first-order chi connectivity index (χ1) is 8.93. The molecule has 0 amide bonds. The van der Waals surface area contributed by atoms with Crippen LogP contribution < -0.4 is 4.74 Å². The molecule has 102 valence electrons. The van der Waals surface area contributed by atoms with Gasteiger partial charge < -0.3 is 9.47 Å². The Morgan fingerprint density at radius 2 is 2.05 bits per heavy atom. The summed E-state index contributed by atoms with van der Waals surface area (Å²) in [6, 6.07) is 3.74. The molecule has 0 unspecified atom stereocenters. The van der Waals surface area contributed by atoms with Gasteiger partial charge in [-0.05, 0) is 42.5 Å². The smallest absolute Gasteiger partial charge is 0.303 e. The van der Waals surface area contributed by atoms with Gasteiger partial charge in [0.2, 0.25) is 5.78 Å². The lowest BCUT2D eigenvalue weighted by Crippen LogP contribution is -2.33. The van der Waals surface area contributed by atoms with E-state index in [4.69, 9.17) is 9.47 Å². The number of fused-ring (bicyclic) bond motifs is 1. The second kappa shape index (κ2) is 5.03. The molecule has 0 aliphatic heterocycles. The van der Waals surface area contributed by atoms with Crippen LogP contribution in [0.15, 0.2) is 12.1 Å². The minimum atomic E-state index is -0.659. The fourth-order valence-electron chi connectivity index (χ4n) is 2.58. The van der Waals surface area contributed by atoms with Crippen molar-refractivity contribution < 1.29 is 19.1 Å². The minimum absolute atomic E-state index is 0.117. The van der Waals surface area contributed by atoms with E-state index < -0.39 is 12.1 Å². The summed E-state index contributed by atoms with van der Waals surface area (Å²) >= 11 is 0. The van der Waals surface area contributed by atoms with Gasteiger partial charge in [-0.1, -0.05) is 6.92 Å². The second-order valence-corrected chi connectivity index (χ2v) is 5.01. The van der Waals surface area contributed by atoms with Crippen LogP contribution in [0.25, 0.3) is 0 Å². The van der Waals surface area contributed by atoms with Crippen LogP contribution in [-0.4, -0.2) is 25.0 Å². The molecule has 19 heavy (non-hydrogen) atoms. The summed E-state index contributed by atoms with van der Waals surface area (Å²) < 4.78 is 10.4. The summed E-state index contributed by atoms with van der Waals surface area (Å²) in [5.41, 5.74) is 2.52. The van der Waals surface area contributed by atoms with Gasteiger partial charge in [0, 0.05) is 12.5 Å². The third-order valence-electron chi connectivity index (χ3n) is 3.53. The van der Waals surface area contributed by atoms with Crippen LogP contribution in [-0.2, 0) is 9.53 Å². The summed E-state index contributed by atoms with van der Waals surface area (Å²) in [6.07, 6.45) is -0.134. The standard InChI is InChI=1S/C15H18O4/c1-8-6-14(19-10(3)16)15(17)12-5-9(2)13(18-4)7-11(8)12/h5,7-8,14H,6H2,1-4H3/t8-,14+/m0/s1. The number of carbonyl (C=O) groups excluding carboxylic acids is 2. The van der Waals surface area contributed by atoms with Gasteiger partial charge in [-0.3, -0.25) is 9.59 Å². The SMILES string of the molecule is COc1cc2c(cc1C)C(=O)[C@H](OC(C)=O)C[C@@H]2C. The van der Waals surface area contributed by atoms with Crippen molar-refractivity contribution in [2.45, 2.75) is 39.2 Å². The zero-order valence-corrected chi connectivity index (χ0v) is 11.6. The Balaban J connectivity index is 2.44. The second-order valence-electron chi connectivity index (χ2n) is 5.01. The number of hydrogen-bond donors (Lipinski definition) is 0.